The summed E-state index contributed by atoms with van der Waals surface area (Å²) in [4.78, 5) is 10.4. The first-order valence-electron chi connectivity index (χ1n) is 4.52. The number of carbonyl (C=O) groups excluding carboxylic acids is 1. The van der Waals surface area contributed by atoms with Gasteiger partial charge in [0.05, 0.1) is 6.61 Å². The van der Waals surface area contributed by atoms with E-state index in [-0.39, 0.29) is 24.0 Å². The fourth-order valence-corrected chi connectivity index (χ4v) is 2.09. The van der Waals surface area contributed by atoms with Crippen LogP contribution in [-0.2, 0) is 14.8 Å². The molecule has 0 saturated carbocycles. The molecule has 0 spiro atoms. The molecule has 0 N–H and O–H groups in total. The van der Waals surface area contributed by atoms with Crippen LogP contribution in [0.5, 0.6) is 0 Å². The summed E-state index contributed by atoms with van der Waals surface area (Å²) in [6.07, 6.45) is 0.453. The lowest BCUT2D eigenvalue weighted by Gasteiger charge is -2.14. The van der Waals surface area contributed by atoms with Crippen LogP contribution in [0.25, 0.3) is 0 Å². The number of rotatable bonds is 6. The highest BCUT2D eigenvalue weighted by Crippen LogP contribution is 2.16. The first-order chi connectivity index (χ1) is 7.52. The van der Waals surface area contributed by atoms with Crippen molar-refractivity contribution in [2.24, 2.45) is 0 Å². The first-order valence-corrected chi connectivity index (χ1v) is 5.96. The molecular formula is C9H13NO5S. The van der Waals surface area contributed by atoms with Crippen molar-refractivity contribution in [1.29, 1.82) is 0 Å². The Morgan fingerprint density at radius 3 is 2.69 bits per heavy atom. The topological polar surface area (TPSA) is 76.8 Å². The summed E-state index contributed by atoms with van der Waals surface area (Å²) in [6, 6.07) is 2.56. The fraction of sp³-hybridized carbons (Fsp3) is 0.444. The summed E-state index contributed by atoms with van der Waals surface area (Å²) >= 11 is 0. The lowest BCUT2D eigenvalue weighted by atomic mass is 10.5. The minimum Gasteiger partial charge on any atom is -0.440 e. The zero-order valence-corrected chi connectivity index (χ0v) is 9.86. The molecule has 16 heavy (non-hydrogen) atoms. The molecule has 0 saturated heterocycles. The summed E-state index contributed by atoms with van der Waals surface area (Å²) in [7, 11) is -0.775. The van der Waals surface area contributed by atoms with Gasteiger partial charge in [-0.1, -0.05) is 0 Å². The Balaban J connectivity index is 2.88. The monoisotopic (exact) mass is 247 g/mol. The number of aldehydes is 1. The van der Waals surface area contributed by atoms with Crippen LogP contribution >= 0.6 is 0 Å². The molecule has 0 atom stereocenters. The van der Waals surface area contributed by atoms with Gasteiger partial charge in [0.25, 0.3) is 10.0 Å². The number of likely N-dealkylation sites (N-methyl/N-ethyl adjacent to an activating group) is 1. The van der Waals surface area contributed by atoms with Gasteiger partial charge in [0.1, 0.15) is 0 Å². The average Bonchev–Trinajstić information content (AvgIpc) is 2.74. The Morgan fingerprint density at radius 2 is 2.19 bits per heavy atom. The Kier molecular flexibility index (Phi) is 4.22. The standard InChI is InChI=1S/C9H13NO5S/c1-10(5-6-14-2)16(12,13)9-4-3-8(7-11)15-9/h3-4,7H,5-6H2,1-2H3. The van der Waals surface area contributed by atoms with E-state index in [1.807, 2.05) is 0 Å². The molecule has 0 amide bonds. The number of furan rings is 1. The van der Waals surface area contributed by atoms with E-state index >= 15 is 0 Å². The summed E-state index contributed by atoms with van der Waals surface area (Å²) in [5, 5.41) is -0.242. The third-order valence-corrected chi connectivity index (χ3v) is 3.72. The van der Waals surface area contributed by atoms with E-state index in [4.69, 9.17) is 9.15 Å². The van der Waals surface area contributed by atoms with Gasteiger partial charge >= 0.3 is 0 Å². The largest absolute Gasteiger partial charge is 0.440 e. The van der Waals surface area contributed by atoms with Crippen molar-refractivity contribution in [2.45, 2.75) is 5.09 Å². The Hall–Kier alpha value is -1.18. The molecule has 0 bridgehead atoms. The van der Waals surface area contributed by atoms with Crippen molar-refractivity contribution in [2.75, 3.05) is 27.3 Å². The highest BCUT2D eigenvalue weighted by Gasteiger charge is 2.24. The van der Waals surface area contributed by atoms with E-state index in [2.05, 4.69) is 0 Å². The van der Waals surface area contributed by atoms with E-state index in [9.17, 15) is 13.2 Å². The van der Waals surface area contributed by atoms with E-state index in [1.165, 1.54) is 26.3 Å². The van der Waals surface area contributed by atoms with Crippen LogP contribution in [0.1, 0.15) is 10.6 Å². The van der Waals surface area contributed by atoms with Crippen molar-refractivity contribution >= 4 is 16.3 Å². The molecule has 90 valence electrons. The zero-order chi connectivity index (χ0) is 12.2. The molecule has 1 heterocycles. The molecule has 0 aromatic carbocycles. The average molecular weight is 247 g/mol. The van der Waals surface area contributed by atoms with Crippen molar-refractivity contribution in [3.8, 4) is 0 Å². The molecule has 6 nitrogen and oxygen atoms in total. The molecule has 0 fully saturated rings. The second-order valence-corrected chi connectivity index (χ2v) is 5.07. The number of methoxy groups -OCH3 is 1. The maximum atomic E-state index is 11.8. The second-order valence-electron chi connectivity index (χ2n) is 3.09. The molecule has 1 rings (SSSR count). The SMILES string of the molecule is COCCN(C)S(=O)(=O)c1ccc(C=O)o1. The molecular weight excluding hydrogens is 234 g/mol. The van der Waals surface area contributed by atoms with Crippen LogP contribution < -0.4 is 0 Å². The molecule has 0 aliphatic carbocycles. The minimum absolute atomic E-state index is 0.0151. The molecule has 0 aliphatic heterocycles. The van der Waals surface area contributed by atoms with Crippen LogP contribution in [0.3, 0.4) is 0 Å². The lowest BCUT2D eigenvalue weighted by molar-refractivity contribution is 0.109. The van der Waals surface area contributed by atoms with Gasteiger partial charge in [0, 0.05) is 20.7 Å². The normalized spacial score (nSPS) is 11.9. The molecule has 1 aromatic rings. The van der Waals surface area contributed by atoms with Crippen molar-refractivity contribution in [3.05, 3.63) is 17.9 Å². The lowest BCUT2D eigenvalue weighted by Crippen LogP contribution is -2.29. The van der Waals surface area contributed by atoms with Crippen LogP contribution in [-0.4, -0.2) is 46.3 Å². The summed E-state index contributed by atoms with van der Waals surface area (Å²) in [6.45, 7) is 0.507. The Bertz CT molecular complexity index is 450. The van der Waals surface area contributed by atoms with E-state index in [0.29, 0.717) is 6.29 Å². The molecule has 0 unspecified atom stereocenters. The Labute approximate surface area is 93.8 Å². The maximum Gasteiger partial charge on any atom is 0.276 e. The molecule has 0 aliphatic rings. The minimum atomic E-state index is -3.67. The van der Waals surface area contributed by atoms with E-state index < -0.39 is 10.0 Å². The van der Waals surface area contributed by atoms with Gasteiger partial charge in [0.2, 0.25) is 5.09 Å². The fourth-order valence-electron chi connectivity index (χ4n) is 1.03. The van der Waals surface area contributed by atoms with Crippen molar-refractivity contribution in [3.63, 3.8) is 0 Å². The predicted octanol–water partition coefficient (Wildman–Crippen LogP) is 0.359. The van der Waals surface area contributed by atoms with E-state index in [0.717, 1.165) is 4.31 Å². The van der Waals surface area contributed by atoms with Gasteiger partial charge in [-0.2, -0.15) is 4.31 Å². The van der Waals surface area contributed by atoms with Crippen LogP contribution in [0.2, 0.25) is 0 Å². The third kappa shape index (κ3) is 2.69. The maximum absolute atomic E-state index is 11.8. The summed E-state index contributed by atoms with van der Waals surface area (Å²) < 4.78 is 34.4. The van der Waals surface area contributed by atoms with Crippen LogP contribution in [0, 0.1) is 0 Å². The first kappa shape index (κ1) is 12.9. The van der Waals surface area contributed by atoms with Gasteiger partial charge in [-0.05, 0) is 12.1 Å². The number of hydrogen-bond acceptors (Lipinski definition) is 5. The number of nitrogens with zero attached hydrogens (tertiary/aromatic N) is 1. The van der Waals surface area contributed by atoms with Gasteiger partial charge in [-0.25, -0.2) is 8.42 Å². The van der Waals surface area contributed by atoms with Gasteiger partial charge in [-0.3, -0.25) is 4.79 Å². The van der Waals surface area contributed by atoms with Crippen molar-refractivity contribution < 1.29 is 22.4 Å². The number of carbonyl (C=O) groups is 1. The van der Waals surface area contributed by atoms with Gasteiger partial charge in [0.15, 0.2) is 12.0 Å². The number of ether oxygens (including phenoxy) is 1. The molecule has 0 radical (unpaired) electrons. The van der Waals surface area contributed by atoms with Crippen molar-refractivity contribution in [1.82, 2.24) is 4.31 Å². The van der Waals surface area contributed by atoms with E-state index in [1.54, 1.807) is 0 Å². The van der Waals surface area contributed by atoms with Gasteiger partial charge in [-0.15, -0.1) is 0 Å². The number of hydrogen-bond donors (Lipinski definition) is 0. The molecule has 7 heteroatoms. The predicted molar refractivity (Wildman–Crippen MR) is 55.8 cm³/mol. The van der Waals surface area contributed by atoms with Crippen LogP contribution in [0.15, 0.2) is 21.6 Å². The second kappa shape index (κ2) is 5.24. The van der Waals surface area contributed by atoms with Gasteiger partial charge < -0.3 is 9.15 Å². The highest BCUT2D eigenvalue weighted by atomic mass is 32.2. The summed E-state index contributed by atoms with van der Waals surface area (Å²) in [5.74, 6) is -0.0151. The highest BCUT2D eigenvalue weighted by molar-refractivity contribution is 7.89. The quantitative estimate of drug-likeness (QED) is 0.678. The third-order valence-electron chi connectivity index (χ3n) is 1.99. The smallest absolute Gasteiger partial charge is 0.276 e. The Morgan fingerprint density at radius 1 is 1.50 bits per heavy atom. The molecule has 1 aromatic heterocycles. The van der Waals surface area contributed by atoms with Crippen LogP contribution in [0.4, 0.5) is 0 Å². The number of sulfonamides is 1. The summed E-state index contributed by atoms with van der Waals surface area (Å²) in [5.41, 5.74) is 0. The zero-order valence-electron chi connectivity index (χ0n) is 9.04.